The second-order valence-electron chi connectivity index (χ2n) is 6.42. The molecule has 2 heterocycles. The molecule has 0 aliphatic carbocycles. The fourth-order valence-corrected chi connectivity index (χ4v) is 3.80. The number of aromatic hydroxyl groups is 1. The van der Waals surface area contributed by atoms with Gasteiger partial charge in [-0.1, -0.05) is 30.3 Å². The molecule has 0 fully saturated rings. The van der Waals surface area contributed by atoms with Crippen molar-refractivity contribution in [3.05, 3.63) is 94.4 Å². The molecule has 0 atom stereocenters. The minimum atomic E-state index is -0.467. The maximum Gasteiger partial charge on any atom is 0.340 e. The molecule has 0 saturated carbocycles. The van der Waals surface area contributed by atoms with Gasteiger partial charge in [-0.25, -0.2) is 9.36 Å². The Hall–Kier alpha value is -3.84. The van der Waals surface area contributed by atoms with Crippen LogP contribution in [0.4, 0.5) is 0 Å². The lowest BCUT2D eigenvalue weighted by molar-refractivity contribution is 0.0967. The first-order chi connectivity index (χ1) is 14.6. The third kappa shape index (κ3) is 3.70. The zero-order valence-corrected chi connectivity index (χ0v) is 16.9. The highest BCUT2D eigenvalue weighted by atomic mass is 32.1. The van der Waals surface area contributed by atoms with Gasteiger partial charge in [-0.05, 0) is 47.4 Å². The highest BCUT2D eigenvalue weighted by Crippen LogP contribution is 2.27. The Morgan fingerprint density at radius 1 is 1.10 bits per heavy atom. The van der Waals surface area contributed by atoms with E-state index >= 15 is 0 Å². The first-order valence-electron chi connectivity index (χ1n) is 9.11. The predicted octanol–water partition coefficient (Wildman–Crippen LogP) is 4.44. The van der Waals surface area contributed by atoms with E-state index in [-0.39, 0.29) is 5.75 Å². The lowest BCUT2D eigenvalue weighted by Gasteiger charge is -2.04. The smallest absolute Gasteiger partial charge is 0.340 e. The van der Waals surface area contributed by atoms with Gasteiger partial charge in [0, 0.05) is 12.3 Å². The van der Waals surface area contributed by atoms with Crippen molar-refractivity contribution in [2.75, 3.05) is 7.11 Å². The quantitative estimate of drug-likeness (QED) is 0.487. The Morgan fingerprint density at radius 3 is 2.60 bits per heavy atom. The number of hydrogen-bond donors (Lipinski definition) is 1. The molecule has 0 aliphatic heterocycles. The monoisotopic (exact) mass is 418 g/mol. The summed E-state index contributed by atoms with van der Waals surface area (Å²) in [5.41, 5.74) is 1.42. The molecular formula is C23H18N2O4S. The van der Waals surface area contributed by atoms with Gasteiger partial charge in [0.1, 0.15) is 0 Å². The standard InChI is InChI=1S/C23H18N2O4S/c1-29-20-14-16(9-11-19(20)26)10-12-22(27)25-18(21-8-5-13-30-21)15-24(23(25)28)17-6-3-2-4-7-17/h2-15,26H,1H3/b12-10+. The molecule has 150 valence electrons. The SMILES string of the molecule is COc1cc(/C=C/C(=O)n2c(-c3cccs3)cn(-c3ccccc3)c2=O)ccc1O. The molecule has 2 aromatic carbocycles. The molecule has 0 spiro atoms. The van der Waals surface area contributed by atoms with Crippen LogP contribution in [0.2, 0.25) is 0 Å². The van der Waals surface area contributed by atoms with Crippen LogP contribution in [0.15, 0.2) is 83.1 Å². The first kappa shape index (κ1) is 19.5. The molecule has 0 bridgehead atoms. The highest BCUT2D eigenvalue weighted by Gasteiger charge is 2.18. The molecule has 0 unspecified atom stereocenters. The maximum absolute atomic E-state index is 13.1. The van der Waals surface area contributed by atoms with E-state index in [9.17, 15) is 14.7 Å². The normalized spacial score (nSPS) is 11.1. The van der Waals surface area contributed by atoms with Crippen LogP contribution in [0.25, 0.3) is 22.3 Å². The van der Waals surface area contributed by atoms with E-state index in [0.29, 0.717) is 22.7 Å². The molecule has 6 nitrogen and oxygen atoms in total. The zero-order valence-electron chi connectivity index (χ0n) is 16.1. The van der Waals surface area contributed by atoms with Crippen molar-refractivity contribution in [1.82, 2.24) is 9.13 Å². The molecule has 7 heteroatoms. The zero-order chi connectivity index (χ0) is 21.1. The average Bonchev–Trinajstić information content (AvgIpc) is 3.41. The minimum absolute atomic E-state index is 0.0112. The topological polar surface area (TPSA) is 73.5 Å². The average molecular weight is 418 g/mol. The summed E-state index contributed by atoms with van der Waals surface area (Å²) in [4.78, 5) is 26.9. The highest BCUT2D eigenvalue weighted by molar-refractivity contribution is 7.13. The molecule has 30 heavy (non-hydrogen) atoms. The van der Waals surface area contributed by atoms with Crippen LogP contribution in [0.3, 0.4) is 0 Å². The van der Waals surface area contributed by atoms with E-state index in [0.717, 1.165) is 9.44 Å². The number of carbonyl (C=O) groups excluding carboxylic acids is 1. The van der Waals surface area contributed by atoms with E-state index in [1.165, 1.54) is 35.2 Å². The van der Waals surface area contributed by atoms with Crippen molar-refractivity contribution in [3.8, 4) is 27.8 Å². The second kappa shape index (κ2) is 8.26. The Balaban J connectivity index is 1.77. The first-order valence-corrected chi connectivity index (χ1v) is 9.99. The third-order valence-electron chi connectivity index (χ3n) is 4.54. The summed E-state index contributed by atoms with van der Waals surface area (Å²) >= 11 is 1.45. The van der Waals surface area contributed by atoms with Crippen LogP contribution in [0.5, 0.6) is 11.5 Å². The third-order valence-corrected chi connectivity index (χ3v) is 5.43. The Kier molecular flexibility index (Phi) is 5.36. The Bertz CT molecular complexity index is 1270. The number of phenolic OH excluding ortho intramolecular Hbond substituents is 1. The summed E-state index contributed by atoms with van der Waals surface area (Å²) < 4.78 is 7.71. The number of phenols is 1. The minimum Gasteiger partial charge on any atom is -0.504 e. The number of methoxy groups -OCH3 is 1. The number of allylic oxidation sites excluding steroid dienone is 1. The van der Waals surface area contributed by atoms with Crippen molar-refractivity contribution < 1.29 is 14.6 Å². The molecule has 0 amide bonds. The predicted molar refractivity (Wildman–Crippen MR) is 118 cm³/mol. The molecule has 2 aromatic heterocycles. The summed E-state index contributed by atoms with van der Waals surface area (Å²) in [7, 11) is 1.45. The number of aromatic nitrogens is 2. The van der Waals surface area contributed by atoms with E-state index < -0.39 is 11.6 Å². The van der Waals surface area contributed by atoms with Gasteiger partial charge in [-0.2, -0.15) is 0 Å². The Morgan fingerprint density at radius 2 is 1.90 bits per heavy atom. The van der Waals surface area contributed by atoms with Gasteiger partial charge in [0.25, 0.3) is 5.91 Å². The number of imidazole rings is 1. The summed E-state index contributed by atoms with van der Waals surface area (Å²) in [6.45, 7) is 0. The number of nitrogens with zero attached hydrogens (tertiary/aromatic N) is 2. The fourth-order valence-electron chi connectivity index (χ4n) is 3.07. The van der Waals surface area contributed by atoms with Crippen molar-refractivity contribution in [2.24, 2.45) is 0 Å². The lowest BCUT2D eigenvalue weighted by atomic mass is 10.2. The van der Waals surface area contributed by atoms with Crippen LogP contribution in [0.1, 0.15) is 10.4 Å². The van der Waals surface area contributed by atoms with E-state index in [4.69, 9.17) is 4.74 Å². The van der Waals surface area contributed by atoms with Gasteiger partial charge >= 0.3 is 5.69 Å². The number of rotatable bonds is 5. The van der Waals surface area contributed by atoms with E-state index in [1.807, 2.05) is 47.8 Å². The van der Waals surface area contributed by atoms with Gasteiger partial charge in [0.15, 0.2) is 11.5 Å². The molecule has 0 saturated heterocycles. The second-order valence-corrected chi connectivity index (χ2v) is 7.37. The van der Waals surface area contributed by atoms with Gasteiger partial charge in [-0.15, -0.1) is 11.3 Å². The van der Waals surface area contributed by atoms with Crippen LogP contribution in [-0.4, -0.2) is 27.3 Å². The van der Waals surface area contributed by atoms with Crippen molar-refractivity contribution in [1.29, 1.82) is 0 Å². The number of benzene rings is 2. The van der Waals surface area contributed by atoms with Gasteiger partial charge in [0.2, 0.25) is 0 Å². The number of thiophene rings is 1. The van der Waals surface area contributed by atoms with Crippen LogP contribution in [-0.2, 0) is 0 Å². The van der Waals surface area contributed by atoms with Gasteiger partial charge < -0.3 is 9.84 Å². The van der Waals surface area contributed by atoms with Crippen LogP contribution >= 0.6 is 11.3 Å². The maximum atomic E-state index is 13.1. The van der Waals surface area contributed by atoms with Crippen LogP contribution < -0.4 is 10.4 Å². The van der Waals surface area contributed by atoms with E-state index in [2.05, 4.69) is 0 Å². The summed E-state index contributed by atoms with van der Waals surface area (Å²) in [6, 6.07) is 17.7. The molecule has 4 aromatic rings. The molecule has 1 N–H and O–H groups in total. The largest absolute Gasteiger partial charge is 0.504 e. The molecule has 4 rings (SSSR count). The van der Waals surface area contributed by atoms with E-state index in [1.54, 1.807) is 24.4 Å². The summed E-state index contributed by atoms with van der Waals surface area (Å²) in [6.07, 6.45) is 4.59. The number of hydrogen-bond acceptors (Lipinski definition) is 5. The molecule has 0 radical (unpaired) electrons. The van der Waals surface area contributed by atoms with Crippen molar-refractivity contribution in [2.45, 2.75) is 0 Å². The summed E-state index contributed by atoms with van der Waals surface area (Å²) in [5, 5.41) is 11.6. The Labute approximate surface area is 176 Å². The molecule has 0 aliphatic rings. The van der Waals surface area contributed by atoms with Gasteiger partial charge in [0.05, 0.1) is 23.4 Å². The summed E-state index contributed by atoms with van der Waals surface area (Å²) in [5.74, 6) is -0.154. The number of carbonyl (C=O) groups is 1. The molecular weight excluding hydrogens is 400 g/mol. The van der Waals surface area contributed by atoms with Crippen molar-refractivity contribution >= 4 is 23.3 Å². The fraction of sp³-hybridized carbons (Fsp3) is 0.0435. The van der Waals surface area contributed by atoms with Gasteiger partial charge in [-0.3, -0.25) is 9.36 Å². The lowest BCUT2D eigenvalue weighted by Crippen LogP contribution is -2.27. The number of ether oxygens (including phenoxy) is 1. The van der Waals surface area contributed by atoms with Crippen molar-refractivity contribution in [3.63, 3.8) is 0 Å². The van der Waals surface area contributed by atoms with Crippen LogP contribution in [0, 0.1) is 0 Å². The number of para-hydroxylation sites is 1.